The summed E-state index contributed by atoms with van der Waals surface area (Å²) in [6, 6.07) is 64.1. The van der Waals surface area contributed by atoms with Crippen molar-refractivity contribution in [2.24, 2.45) is 0 Å². The third kappa shape index (κ3) is 20.2. The molecule has 0 saturated heterocycles. The summed E-state index contributed by atoms with van der Waals surface area (Å²) in [6.07, 6.45) is 0.939. The molecule has 0 spiro atoms. The molecule has 0 atom stereocenters. The number of carbonyl (C=O) groups excluding carboxylic acids is 3. The van der Waals surface area contributed by atoms with E-state index in [4.69, 9.17) is 9.47 Å². The summed E-state index contributed by atoms with van der Waals surface area (Å²) in [6.45, 7) is 13.0. The second-order valence-corrected chi connectivity index (χ2v) is 20.5. The molecule has 68 heavy (non-hydrogen) atoms. The molecule has 0 amide bonds. The molecule has 352 valence electrons. The van der Waals surface area contributed by atoms with E-state index in [-0.39, 0.29) is 23.2 Å². The second kappa shape index (κ2) is 29.2. The maximum atomic E-state index is 12.6. The molecule has 0 aromatic heterocycles. The molecule has 0 bridgehead atoms. The van der Waals surface area contributed by atoms with Gasteiger partial charge in [-0.15, -0.1) is 23.5 Å². The molecule has 0 unspecified atom stereocenters. The second-order valence-electron chi connectivity index (χ2n) is 17.2. The van der Waals surface area contributed by atoms with Crippen LogP contribution < -0.4 is 4.74 Å². The Morgan fingerprint density at radius 3 is 1.12 bits per heavy atom. The minimum atomic E-state index is -0.233. The minimum Gasteiger partial charge on any atom is -0.460 e. The van der Waals surface area contributed by atoms with Crippen molar-refractivity contribution >= 4 is 52.3 Å². The van der Waals surface area contributed by atoms with Crippen molar-refractivity contribution < 1.29 is 23.9 Å². The van der Waals surface area contributed by atoms with Crippen LogP contribution in [0.3, 0.4) is 0 Å². The van der Waals surface area contributed by atoms with E-state index in [1.54, 1.807) is 35.7 Å². The Labute approximate surface area is 417 Å². The number of thioether (sulfide) groups is 3. The standard InChI is InChI=1S/C26H28O2S2.C17H18O2.C17H18OS/c1-20(2)22-15-13-21(14-16-22)17-26(27)28-23(18-29-24-9-5-3-6-10-24)19-30-25-11-7-4-8-12-25;2*1-13(2)15-10-8-14(9-11-15)12-17(18)19-16-6-4-3-5-7-16/h3-16,20,23H,17-19H2,1-2H3;2*3-11,13H,12H2,1-2H3. The zero-order chi connectivity index (χ0) is 48.5. The molecule has 0 heterocycles. The number of carbonyl (C=O) groups is 3. The fourth-order valence-corrected chi connectivity index (χ4v) is 9.40. The molecule has 7 aromatic carbocycles. The number of hydrogen-bond acceptors (Lipinski definition) is 8. The molecule has 8 heteroatoms. The highest BCUT2D eigenvalue weighted by Crippen LogP contribution is 2.26. The zero-order valence-corrected chi connectivity index (χ0v) is 42.5. The molecule has 0 aliphatic rings. The number of hydrogen-bond donors (Lipinski definition) is 0. The van der Waals surface area contributed by atoms with Gasteiger partial charge in [0.25, 0.3) is 0 Å². The highest BCUT2D eigenvalue weighted by Gasteiger charge is 2.17. The molecule has 0 saturated carbocycles. The van der Waals surface area contributed by atoms with Crippen molar-refractivity contribution in [3.63, 3.8) is 0 Å². The monoisotopic (exact) mass is 960 g/mol. The van der Waals surface area contributed by atoms with E-state index >= 15 is 0 Å². The maximum Gasteiger partial charge on any atom is 0.315 e. The van der Waals surface area contributed by atoms with Gasteiger partial charge in [0.05, 0.1) is 12.8 Å². The number of ether oxygens (including phenoxy) is 2. The van der Waals surface area contributed by atoms with Gasteiger partial charge in [-0.1, -0.05) is 199 Å². The highest BCUT2D eigenvalue weighted by molar-refractivity contribution is 8.13. The zero-order valence-electron chi connectivity index (χ0n) is 40.1. The van der Waals surface area contributed by atoms with Crippen molar-refractivity contribution in [2.75, 3.05) is 11.5 Å². The molecule has 5 nitrogen and oxygen atoms in total. The first-order chi connectivity index (χ1) is 32.9. The quantitative estimate of drug-likeness (QED) is 0.0479. The Kier molecular flexibility index (Phi) is 22.8. The molecular formula is C60H64O5S3. The fraction of sp³-hybridized carbons (Fsp3) is 0.250. The van der Waals surface area contributed by atoms with E-state index in [0.29, 0.717) is 42.8 Å². The first-order valence-corrected chi connectivity index (χ1v) is 26.0. The van der Waals surface area contributed by atoms with Crippen molar-refractivity contribution in [2.45, 2.75) is 99.3 Å². The maximum absolute atomic E-state index is 12.6. The van der Waals surface area contributed by atoms with Gasteiger partial charge < -0.3 is 9.47 Å². The number of rotatable bonds is 18. The lowest BCUT2D eigenvalue weighted by molar-refractivity contribution is -0.146. The van der Waals surface area contributed by atoms with Crippen LogP contribution in [0.5, 0.6) is 5.75 Å². The Hall–Kier alpha value is -5.80. The van der Waals surface area contributed by atoms with E-state index in [0.717, 1.165) is 33.1 Å². The van der Waals surface area contributed by atoms with Gasteiger partial charge in [0.1, 0.15) is 11.9 Å². The van der Waals surface area contributed by atoms with Crippen LogP contribution in [0.25, 0.3) is 0 Å². The van der Waals surface area contributed by atoms with Crippen LogP contribution in [-0.4, -0.2) is 34.7 Å². The molecule has 0 aliphatic carbocycles. The Morgan fingerprint density at radius 1 is 0.397 bits per heavy atom. The van der Waals surface area contributed by atoms with Gasteiger partial charge in [-0.25, -0.2) is 0 Å². The summed E-state index contributed by atoms with van der Waals surface area (Å²) in [5, 5.41) is 0.184. The molecule has 0 aliphatic heterocycles. The Morgan fingerprint density at radius 2 is 0.735 bits per heavy atom. The van der Waals surface area contributed by atoms with Gasteiger partial charge in [-0.3, -0.25) is 14.4 Å². The molecule has 7 aromatic rings. The van der Waals surface area contributed by atoms with Crippen LogP contribution in [0.2, 0.25) is 0 Å². The first-order valence-electron chi connectivity index (χ1n) is 23.2. The summed E-state index contributed by atoms with van der Waals surface area (Å²) >= 11 is 4.76. The minimum absolute atomic E-state index is 0.150. The molecule has 0 radical (unpaired) electrons. The first kappa shape index (κ1) is 53.2. The third-order valence-corrected chi connectivity index (χ3v) is 13.8. The lowest BCUT2D eigenvalue weighted by Gasteiger charge is -2.18. The Balaban J connectivity index is 0.000000199. The number of para-hydroxylation sites is 1. The van der Waals surface area contributed by atoms with Crippen molar-refractivity contribution in [3.8, 4) is 5.75 Å². The van der Waals surface area contributed by atoms with Gasteiger partial charge in [0, 0.05) is 32.6 Å². The lowest BCUT2D eigenvalue weighted by Crippen LogP contribution is -2.24. The highest BCUT2D eigenvalue weighted by atomic mass is 32.2. The summed E-state index contributed by atoms with van der Waals surface area (Å²) in [5.41, 5.74) is 6.92. The summed E-state index contributed by atoms with van der Waals surface area (Å²) in [7, 11) is 0. The molecule has 0 fully saturated rings. The summed E-state index contributed by atoms with van der Waals surface area (Å²) < 4.78 is 11.2. The van der Waals surface area contributed by atoms with E-state index < -0.39 is 0 Å². The van der Waals surface area contributed by atoms with Crippen LogP contribution in [0.4, 0.5) is 0 Å². The van der Waals surface area contributed by atoms with Gasteiger partial charge in [-0.05, 0) is 99.7 Å². The number of esters is 2. The molecule has 0 N–H and O–H groups in total. The van der Waals surface area contributed by atoms with Gasteiger partial charge in [0.15, 0.2) is 5.12 Å². The number of benzene rings is 7. The smallest absolute Gasteiger partial charge is 0.315 e. The van der Waals surface area contributed by atoms with E-state index in [9.17, 15) is 14.4 Å². The normalized spacial score (nSPS) is 10.8. The predicted octanol–water partition coefficient (Wildman–Crippen LogP) is 15.5. The molecule has 7 rings (SSSR count). The van der Waals surface area contributed by atoms with Crippen LogP contribution in [0, 0.1) is 0 Å². The van der Waals surface area contributed by atoms with Gasteiger partial charge in [0.2, 0.25) is 0 Å². The Bertz CT molecular complexity index is 2370. The predicted molar refractivity (Wildman–Crippen MR) is 286 cm³/mol. The van der Waals surface area contributed by atoms with E-state index in [2.05, 4.69) is 114 Å². The van der Waals surface area contributed by atoms with Crippen molar-refractivity contribution in [1.29, 1.82) is 0 Å². The van der Waals surface area contributed by atoms with E-state index in [1.165, 1.54) is 38.2 Å². The van der Waals surface area contributed by atoms with Crippen molar-refractivity contribution in [3.05, 3.63) is 228 Å². The SMILES string of the molecule is CC(C)c1ccc(CC(=O)OC(CSc2ccccc2)CSc2ccccc2)cc1.CC(C)c1ccc(CC(=O)Oc2ccccc2)cc1.CC(C)c1ccc(CC(=O)Sc2ccccc2)cc1. The van der Waals surface area contributed by atoms with Crippen LogP contribution in [-0.2, 0) is 38.4 Å². The van der Waals surface area contributed by atoms with Crippen molar-refractivity contribution in [1.82, 2.24) is 0 Å². The van der Waals surface area contributed by atoms with Gasteiger partial charge in [-0.2, -0.15) is 0 Å². The van der Waals surface area contributed by atoms with Crippen LogP contribution in [0.1, 0.15) is 92.7 Å². The lowest BCUT2D eigenvalue weighted by atomic mass is 10.0. The van der Waals surface area contributed by atoms with Crippen LogP contribution in [0.15, 0.2) is 209 Å². The third-order valence-electron chi connectivity index (χ3n) is 10.6. The fourth-order valence-electron chi connectivity index (χ4n) is 6.63. The topological polar surface area (TPSA) is 69.7 Å². The average molecular weight is 961 g/mol. The molecular weight excluding hydrogens is 897 g/mol. The largest absolute Gasteiger partial charge is 0.460 e. The summed E-state index contributed by atoms with van der Waals surface area (Å²) in [5.74, 6) is 3.19. The van der Waals surface area contributed by atoms with Gasteiger partial charge >= 0.3 is 11.9 Å². The van der Waals surface area contributed by atoms with E-state index in [1.807, 2.05) is 109 Å². The van der Waals surface area contributed by atoms with Crippen LogP contribution >= 0.6 is 35.3 Å². The average Bonchev–Trinajstić information content (AvgIpc) is 3.34. The summed E-state index contributed by atoms with van der Waals surface area (Å²) in [4.78, 5) is 39.7.